The lowest BCUT2D eigenvalue weighted by Crippen LogP contribution is -2.09. The minimum atomic E-state index is -0.725. The molecule has 7 heteroatoms. The lowest BCUT2D eigenvalue weighted by molar-refractivity contribution is -0.385. The first-order chi connectivity index (χ1) is 9.01. The predicted molar refractivity (Wildman–Crippen MR) is 69.8 cm³/mol. The number of benzene rings is 1. The molecular formula is C12H14ClNO5. The van der Waals surface area contributed by atoms with Gasteiger partial charge in [-0.3, -0.25) is 10.1 Å². The normalized spacial score (nSPS) is 10.1. The Balaban J connectivity index is 3.26. The number of methoxy groups -OCH3 is 1. The van der Waals surface area contributed by atoms with Gasteiger partial charge in [0.2, 0.25) is 5.75 Å². The van der Waals surface area contributed by atoms with Gasteiger partial charge in [0.25, 0.3) is 0 Å². The maximum absolute atomic E-state index is 11.6. The summed E-state index contributed by atoms with van der Waals surface area (Å²) in [5.41, 5.74) is -0.387. The molecule has 1 rings (SSSR count). The van der Waals surface area contributed by atoms with Crippen LogP contribution in [0, 0.1) is 10.1 Å². The van der Waals surface area contributed by atoms with Crippen LogP contribution in [0.4, 0.5) is 5.69 Å². The van der Waals surface area contributed by atoms with Gasteiger partial charge in [0.05, 0.1) is 18.6 Å². The summed E-state index contributed by atoms with van der Waals surface area (Å²) < 4.78 is 9.92. The average Bonchev–Trinajstić information content (AvgIpc) is 2.38. The monoisotopic (exact) mass is 287 g/mol. The van der Waals surface area contributed by atoms with Crippen molar-refractivity contribution in [3.63, 3.8) is 0 Å². The number of esters is 1. The molecule has 19 heavy (non-hydrogen) atoms. The van der Waals surface area contributed by atoms with Crippen molar-refractivity contribution in [3.05, 3.63) is 32.8 Å². The van der Waals surface area contributed by atoms with E-state index in [-0.39, 0.29) is 28.6 Å². The molecule has 1 aromatic carbocycles. The van der Waals surface area contributed by atoms with Crippen LogP contribution in [0.25, 0.3) is 0 Å². The Bertz CT molecular complexity index is 489. The van der Waals surface area contributed by atoms with E-state index in [0.717, 1.165) is 18.9 Å². The highest BCUT2D eigenvalue weighted by molar-refractivity contribution is 6.31. The number of carbonyl (C=O) groups is 1. The SMILES string of the molecule is CCCCOc1c(C(=O)OC)cc(Cl)cc1[N+](=O)[O-]. The molecule has 0 N–H and O–H groups in total. The summed E-state index contributed by atoms with van der Waals surface area (Å²) >= 11 is 5.76. The molecule has 0 aliphatic carbocycles. The maximum Gasteiger partial charge on any atom is 0.341 e. The Morgan fingerprint density at radius 1 is 1.47 bits per heavy atom. The topological polar surface area (TPSA) is 78.7 Å². The summed E-state index contributed by atoms with van der Waals surface area (Å²) in [4.78, 5) is 22.0. The quantitative estimate of drug-likeness (QED) is 0.347. The number of nitro groups is 1. The molecule has 6 nitrogen and oxygen atoms in total. The first-order valence-corrected chi connectivity index (χ1v) is 6.08. The third-order valence-corrected chi connectivity index (χ3v) is 2.60. The van der Waals surface area contributed by atoms with Crippen LogP contribution in [0.5, 0.6) is 5.75 Å². The molecule has 104 valence electrons. The second-order valence-electron chi connectivity index (χ2n) is 3.75. The second-order valence-corrected chi connectivity index (χ2v) is 4.19. The van der Waals surface area contributed by atoms with Crippen LogP contribution in [-0.2, 0) is 4.74 Å². The molecular weight excluding hydrogens is 274 g/mol. The van der Waals surface area contributed by atoms with E-state index in [0.29, 0.717) is 0 Å². The van der Waals surface area contributed by atoms with Crippen LogP contribution >= 0.6 is 11.6 Å². The number of nitrogens with zero attached hydrogens (tertiary/aromatic N) is 1. The number of hydrogen-bond donors (Lipinski definition) is 0. The van der Waals surface area contributed by atoms with Crippen LogP contribution < -0.4 is 4.74 Å². The van der Waals surface area contributed by atoms with E-state index in [1.807, 2.05) is 6.92 Å². The number of rotatable bonds is 6. The number of nitro benzene ring substituents is 1. The average molecular weight is 288 g/mol. The first-order valence-electron chi connectivity index (χ1n) is 5.70. The van der Waals surface area contributed by atoms with E-state index in [4.69, 9.17) is 16.3 Å². The molecule has 0 atom stereocenters. The molecule has 0 spiro atoms. The molecule has 0 unspecified atom stereocenters. The minimum Gasteiger partial charge on any atom is -0.486 e. The molecule has 0 aliphatic heterocycles. The van der Waals surface area contributed by atoms with Crippen LogP contribution in [0.1, 0.15) is 30.1 Å². The fourth-order valence-electron chi connectivity index (χ4n) is 1.45. The third kappa shape index (κ3) is 3.82. The van der Waals surface area contributed by atoms with Crippen molar-refractivity contribution in [3.8, 4) is 5.75 Å². The molecule has 0 radical (unpaired) electrons. The van der Waals surface area contributed by atoms with E-state index >= 15 is 0 Å². The van der Waals surface area contributed by atoms with E-state index in [9.17, 15) is 14.9 Å². The Hall–Kier alpha value is -1.82. The Morgan fingerprint density at radius 2 is 2.16 bits per heavy atom. The lowest BCUT2D eigenvalue weighted by Gasteiger charge is -2.10. The Morgan fingerprint density at radius 3 is 2.68 bits per heavy atom. The van der Waals surface area contributed by atoms with Crippen molar-refractivity contribution < 1.29 is 19.2 Å². The van der Waals surface area contributed by atoms with Gasteiger partial charge in [0, 0.05) is 11.1 Å². The van der Waals surface area contributed by atoms with Gasteiger partial charge in [-0.1, -0.05) is 24.9 Å². The van der Waals surface area contributed by atoms with Crippen molar-refractivity contribution in [2.45, 2.75) is 19.8 Å². The van der Waals surface area contributed by atoms with Gasteiger partial charge in [0.15, 0.2) is 0 Å². The predicted octanol–water partition coefficient (Wildman–Crippen LogP) is 3.21. The molecule has 0 fully saturated rings. The summed E-state index contributed by atoms with van der Waals surface area (Å²) in [6.45, 7) is 2.24. The van der Waals surface area contributed by atoms with Gasteiger partial charge in [-0.25, -0.2) is 4.79 Å². The number of hydrogen-bond acceptors (Lipinski definition) is 5. The summed E-state index contributed by atoms with van der Waals surface area (Å²) in [5, 5.41) is 11.1. The highest BCUT2D eigenvalue weighted by Crippen LogP contribution is 2.35. The standard InChI is InChI=1S/C12H14ClNO5/c1-3-4-5-19-11-9(12(15)18-2)6-8(13)7-10(11)14(16)17/h6-7H,3-5H2,1-2H3. The fraction of sp³-hybridized carbons (Fsp3) is 0.417. The van der Waals surface area contributed by atoms with E-state index in [1.54, 1.807) is 0 Å². The Labute approximate surface area is 115 Å². The fourth-order valence-corrected chi connectivity index (χ4v) is 1.66. The zero-order valence-electron chi connectivity index (χ0n) is 10.6. The number of ether oxygens (including phenoxy) is 2. The number of unbranched alkanes of at least 4 members (excludes halogenated alkanes) is 1. The second kappa shape index (κ2) is 6.94. The van der Waals surface area contributed by atoms with Crippen LogP contribution in [0.15, 0.2) is 12.1 Å². The molecule has 0 heterocycles. The molecule has 0 saturated heterocycles. The van der Waals surface area contributed by atoms with Crippen molar-refractivity contribution >= 4 is 23.3 Å². The van der Waals surface area contributed by atoms with Gasteiger partial charge in [-0.2, -0.15) is 0 Å². The molecule has 0 bridgehead atoms. The van der Waals surface area contributed by atoms with Crippen LogP contribution in [-0.4, -0.2) is 24.6 Å². The molecule has 0 saturated carbocycles. The van der Waals surface area contributed by atoms with Gasteiger partial charge < -0.3 is 9.47 Å². The minimum absolute atomic E-state index is 0.0437. The van der Waals surface area contributed by atoms with Gasteiger partial charge >= 0.3 is 11.7 Å². The van der Waals surface area contributed by atoms with E-state index < -0.39 is 10.9 Å². The molecule has 1 aromatic rings. The van der Waals surface area contributed by atoms with Crippen molar-refractivity contribution in [2.24, 2.45) is 0 Å². The maximum atomic E-state index is 11.6. The van der Waals surface area contributed by atoms with Gasteiger partial charge in [-0.05, 0) is 12.5 Å². The zero-order valence-corrected chi connectivity index (χ0v) is 11.4. The molecule has 0 aromatic heterocycles. The summed E-state index contributed by atoms with van der Waals surface area (Å²) in [6, 6.07) is 2.44. The largest absolute Gasteiger partial charge is 0.486 e. The first kappa shape index (κ1) is 15.2. The number of halogens is 1. The van der Waals surface area contributed by atoms with Crippen molar-refractivity contribution in [2.75, 3.05) is 13.7 Å². The third-order valence-electron chi connectivity index (χ3n) is 2.38. The highest BCUT2D eigenvalue weighted by Gasteiger charge is 2.25. The van der Waals surface area contributed by atoms with Gasteiger partial charge in [0.1, 0.15) is 5.56 Å². The van der Waals surface area contributed by atoms with E-state index in [2.05, 4.69) is 4.74 Å². The van der Waals surface area contributed by atoms with E-state index in [1.165, 1.54) is 13.2 Å². The highest BCUT2D eigenvalue weighted by atomic mass is 35.5. The summed E-state index contributed by atoms with van der Waals surface area (Å²) in [7, 11) is 1.19. The zero-order chi connectivity index (χ0) is 14.4. The van der Waals surface area contributed by atoms with Crippen LogP contribution in [0.2, 0.25) is 5.02 Å². The van der Waals surface area contributed by atoms with Crippen LogP contribution in [0.3, 0.4) is 0 Å². The van der Waals surface area contributed by atoms with Crippen molar-refractivity contribution in [1.82, 2.24) is 0 Å². The number of carbonyl (C=O) groups excluding carboxylic acids is 1. The smallest absolute Gasteiger partial charge is 0.341 e. The van der Waals surface area contributed by atoms with Gasteiger partial charge in [-0.15, -0.1) is 0 Å². The molecule has 0 amide bonds. The molecule has 0 aliphatic rings. The Kier molecular flexibility index (Phi) is 5.57. The van der Waals surface area contributed by atoms with Crippen molar-refractivity contribution in [1.29, 1.82) is 0 Å². The summed E-state index contributed by atoms with van der Waals surface area (Å²) in [5.74, 6) is -0.827. The summed E-state index contributed by atoms with van der Waals surface area (Å²) in [6.07, 6.45) is 1.59. The lowest BCUT2D eigenvalue weighted by atomic mass is 10.1.